The van der Waals surface area contributed by atoms with Crippen molar-refractivity contribution in [1.29, 1.82) is 0 Å². The van der Waals surface area contributed by atoms with E-state index in [1.165, 1.54) is 0 Å². The van der Waals surface area contributed by atoms with Gasteiger partial charge in [0.15, 0.2) is 5.82 Å². The number of hydrogen-bond acceptors (Lipinski definition) is 5. The molecule has 0 unspecified atom stereocenters. The van der Waals surface area contributed by atoms with Crippen LogP contribution in [0.2, 0.25) is 0 Å². The van der Waals surface area contributed by atoms with E-state index in [0.29, 0.717) is 18.3 Å². The molecule has 0 radical (unpaired) electrons. The second-order valence-electron chi connectivity index (χ2n) is 3.45. The maximum absolute atomic E-state index is 11.6. The Kier molecular flexibility index (Phi) is 2.02. The molecule has 1 aromatic rings. The third kappa shape index (κ3) is 1.29. The summed E-state index contributed by atoms with van der Waals surface area (Å²) in [6, 6.07) is 0. The molecule has 1 aromatic heterocycles. The van der Waals surface area contributed by atoms with Gasteiger partial charge in [0.1, 0.15) is 5.41 Å². The molecule has 5 heteroatoms. The van der Waals surface area contributed by atoms with Crippen molar-refractivity contribution in [2.45, 2.75) is 32.1 Å². The fourth-order valence-corrected chi connectivity index (χ4v) is 1.39. The summed E-state index contributed by atoms with van der Waals surface area (Å²) in [5.41, 5.74) is -0.628. The SMILES string of the molecule is CCOC(=O)C1(c2nc(C)no2)CC1. The molecule has 0 aromatic carbocycles. The third-order valence-corrected chi connectivity index (χ3v) is 2.35. The predicted molar refractivity (Wildman–Crippen MR) is 46.6 cm³/mol. The van der Waals surface area contributed by atoms with E-state index in [4.69, 9.17) is 9.26 Å². The first-order valence-corrected chi connectivity index (χ1v) is 4.67. The monoisotopic (exact) mass is 196 g/mol. The van der Waals surface area contributed by atoms with Gasteiger partial charge in [0, 0.05) is 0 Å². The van der Waals surface area contributed by atoms with Gasteiger partial charge in [0.05, 0.1) is 6.61 Å². The van der Waals surface area contributed by atoms with Gasteiger partial charge in [-0.1, -0.05) is 5.16 Å². The van der Waals surface area contributed by atoms with Gasteiger partial charge >= 0.3 is 5.97 Å². The zero-order chi connectivity index (χ0) is 10.2. The Morgan fingerprint density at radius 2 is 2.36 bits per heavy atom. The second-order valence-corrected chi connectivity index (χ2v) is 3.45. The lowest BCUT2D eigenvalue weighted by atomic mass is 10.1. The highest BCUT2D eigenvalue weighted by molar-refractivity contribution is 5.85. The average molecular weight is 196 g/mol. The standard InChI is InChI=1S/C9H12N2O3/c1-3-13-8(12)9(4-5-9)7-10-6(2)11-14-7/h3-5H2,1-2H3. The van der Waals surface area contributed by atoms with Crippen LogP contribution in [-0.2, 0) is 14.9 Å². The van der Waals surface area contributed by atoms with Gasteiger partial charge in [-0.15, -0.1) is 0 Å². The summed E-state index contributed by atoms with van der Waals surface area (Å²) in [4.78, 5) is 15.7. The molecule has 0 atom stereocenters. The minimum Gasteiger partial charge on any atom is -0.465 e. The van der Waals surface area contributed by atoms with E-state index < -0.39 is 5.41 Å². The van der Waals surface area contributed by atoms with Gasteiger partial charge in [-0.25, -0.2) is 0 Å². The minimum absolute atomic E-state index is 0.247. The van der Waals surface area contributed by atoms with Gasteiger partial charge in [-0.2, -0.15) is 4.98 Å². The highest BCUT2D eigenvalue weighted by Gasteiger charge is 2.57. The van der Waals surface area contributed by atoms with Crippen LogP contribution in [-0.4, -0.2) is 22.7 Å². The lowest BCUT2D eigenvalue weighted by molar-refractivity contribution is -0.146. The van der Waals surface area contributed by atoms with E-state index >= 15 is 0 Å². The molecule has 1 aliphatic carbocycles. The predicted octanol–water partition coefficient (Wildman–Crippen LogP) is 0.973. The van der Waals surface area contributed by atoms with Crippen LogP contribution < -0.4 is 0 Å². The molecule has 76 valence electrons. The lowest BCUT2D eigenvalue weighted by Crippen LogP contribution is -2.23. The topological polar surface area (TPSA) is 65.2 Å². The lowest BCUT2D eigenvalue weighted by Gasteiger charge is -2.07. The van der Waals surface area contributed by atoms with Crippen molar-refractivity contribution in [3.63, 3.8) is 0 Å². The molecule has 5 nitrogen and oxygen atoms in total. The summed E-state index contributed by atoms with van der Waals surface area (Å²) in [7, 11) is 0. The van der Waals surface area contributed by atoms with Crippen LogP contribution in [0.25, 0.3) is 0 Å². The number of aryl methyl sites for hydroxylation is 1. The van der Waals surface area contributed by atoms with Crippen molar-refractivity contribution < 1.29 is 14.1 Å². The van der Waals surface area contributed by atoms with Crippen LogP contribution in [0.4, 0.5) is 0 Å². The summed E-state index contributed by atoms with van der Waals surface area (Å²) in [6.45, 7) is 3.90. The van der Waals surface area contributed by atoms with Crippen LogP contribution in [0, 0.1) is 6.92 Å². The van der Waals surface area contributed by atoms with E-state index in [-0.39, 0.29) is 5.97 Å². The molecular formula is C9H12N2O3. The van der Waals surface area contributed by atoms with Crippen LogP contribution in [0.15, 0.2) is 4.52 Å². The van der Waals surface area contributed by atoms with Crippen molar-refractivity contribution >= 4 is 5.97 Å². The van der Waals surface area contributed by atoms with E-state index in [9.17, 15) is 4.79 Å². The van der Waals surface area contributed by atoms with Crippen LogP contribution >= 0.6 is 0 Å². The maximum Gasteiger partial charge on any atom is 0.321 e. The first-order valence-electron chi connectivity index (χ1n) is 4.67. The van der Waals surface area contributed by atoms with Gasteiger partial charge in [-0.3, -0.25) is 4.79 Å². The van der Waals surface area contributed by atoms with Crippen LogP contribution in [0.5, 0.6) is 0 Å². The molecule has 2 rings (SSSR count). The number of nitrogens with zero attached hydrogens (tertiary/aromatic N) is 2. The van der Waals surface area contributed by atoms with Crippen molar-refractivity contribution in [3.8, 4) is 0 Å². The zero-order valence-corrected chi connectivity index (χ0v) is 8.24. The van der Waals surface area contributed by atoms with E-state index in [1.807, 2.05) is 0 Å². The molecule has 1 heterocycles. The molecule has 1 aliphatic rings. The molecule has 14 heavy (non-hydrogen) atoms. The second kappa shape index (κ2) is 3.08. The molecule has 0 spiro atoms. The van der Waals surface area contributed by atoms with Gasteiger partial charge in [0.25, 0.3) is 0 Å². The Bertz CT molecular complexity index is 355. The van der Waals surface area contributed by atoms with E-state index in [1.54, 1.807) is 13.8 Å². The number of hydrogen-bond donors (Lipinski definition) is 0. The van der Waals surface area contributed by atoms with E-state index in [2.05, 4.69) is 10.1 Å². The molecular weight excluding hydrogens is 184 g/mol. The Balaban J connectivity index is 2.21. The summed E-state index contributed by atoms with van der Waals surface area (Å²) >= 11 is 0. The molecule has 1 fully saturated rings. The third-order valence-electron chi connectivity index (χ3n) is 2.35. The van der Waals surface area contributed by atoms with Gasteiger partial charge in [0.2, 0.25) is 5.89 Å². The smallest absolute Gasteiger partial charge is 0.321 e. The van der Waals surface area contributed by atoms with Gasteiger partial charge in [-0.05, 0) is 26.7 Å². The fraction of sp³-hybridized carbons (Fsp3) is 0.667. The molecule has 1 saturated carbocycles. The zero-order valence-electron chi connectivity index (χ0n) is 8.24. The molecule has 0 N–H and O–H groups in total. The number of ether oxygens (including phenoxy) is 1. The first kappa shape index (κ1) is 9.18. The quantitative estimate of drug-likeness (QED) is 0.674. The normalized spacial score (nSPS) is 17.9. The summed E-state index contributed by atoms with van der Waals surface area (Å²) in [5, 5.41) is 3.67. The van der Waals surface area contributed by atoms with Crippen molar-refractivity contribution in [3.05, 3.63) is 11.7 Å². The molecule has 0 aliphatic heterocycles. The van der Waals surface area contributed by atoms with Crippen molar-refractivity contribution in [2.75, 3.05) is 6.61 Å². The average Bonchev–Trinajstić information content (AvgIpc) is 2.85. The Labute approximate surface area is 81.4 Å². The van der Waals surface area contributed by atoms with Crippen LogP contribution in [0.1, 0.15) is 31.5 Å². The maximum atomic E-state index is 11.6. The Hall–Kier alpha value is -1.39. The molecule has 0 bridgehead atoms. The van der Waals surface area contributed by atoms with Crippen LogP contribution in [0.3, 0.4) is 0 Å². The summed E-state index contributed by atoms with van der Waals surface area (Å²) in [5.74, 6) is 0.702. The minimum atomic E-state index is -0.628. The summed E-state index contributed by atoms with van der Waals surface area (Å²) < 4.78 is 9.96. The van der Waals surface area contributed by atoms with E-state index in [0.717, 1.165) is 12.8 Å². The number of rotatable bonds is 3. The first-order chi connectivity index (χ1) is 6.69. The highest BCUT2D eigenvalue weighted by Crippen LogP contribution is 2.48. The molecule has 0 saturated heterocycles. The molecule has 0 amide bonds. The van der Waals surface area contributed by atoms with Crippen molar-refractivity contribution in [1.82, 2.24) is 10.1 Å². The highest BCUT2D eigenvalue weighted by atomic mass is 16.5. The number of esters is 1. The largest absolute Gasteiger partial charge is 0.465 e. The summed E-state index contributed by atoms with van der Waals surface area (Å²) in [6.07, 6.45) is 1.49. The van der Waals surface area contributed by atoms with Gasteiger partial charge < -0.3 is 9.26 Å². The fourth-order valence-electron chi connectivity index (χ4n) is 1.39. The number of carbonyl (C=O) groups is 1. The Morgan fingerprint density at radius 3 is 2.79 bits per heavy atom. The number of carbonyl (C=O) groups excluding carboxylic acids is 1. The number of aromatic nitrogens is 2. The van der Waals surface area contributed by atoms with Crippen molar-refractivity contribution in [2.24, 2.45) is 0 Å². The Morgan fingerprint density at radius 1 is 1.64 bits per heavy atom.